The van der Waals surface area contributed by atoms with E-state index in [9.17, 15) is 9.59 Å². The van der Waals surface area contributed by atoms with Crippen LogP contribution in [0.3, 0.4) is 0 Å². The first-order chi connectivity index (χ1) is 12.7. The SMILES string of the molecule is COCCCNC(=O)CSc1nc(-c2ccccc2)nc2cc(=O)[nH]n12. The number of hydrogen-bond donors (Lipinski definition) is 2. The molecule has 0 saturated carbocycles. The van der Waals surface area contributed by atoms with E-state index in [1.807, 2.05) is 30.3 Å². The maximum atomic E-state index is 12.0. The molecule has 3 aromatic rings. The average Bonchev–Trinajstić information content (AvgIpc) is 3.04. The van der Waals surface area contributed by atoms with Crippen molar-refractivity contribution in [1.29, 1.82) is 0 Å². The van der Waals surface area contributed by atoms with Crippen LogP contribution in [-0.4, -0.2) is 51.5 Å². The molecular formula is C17H19N5O3S. The summed E-state index contributed by atoms with van der Waals surface area (Å²) in [5.41, 5.74) is 1.04. The van der Waals surface area contributed by atoms with Crippen LogP contribution in [0.4, 0.5) is 0 Å². The van der Waals surface area contributed by atoms with Gasteiger partial charge >= 0.3 is 0 Å². The van der Waals surface area contributed by atoms with Crippen molar-refractivity contribution in [1.82, 2.24) is 24.9 Å². The summed E-state index contributed by atoms with van der Waals surface area (Å²) >= 11 is 1.24. The molecule has 1 amide bonds. The van der Waals surface area contributed by atoms with Crippen LogP contribution in [0, 0.1) is 0 Å². The summed E-state index contributed by atoms with van der Waals surface area (Å²) in [7, 11) is 1.63. The summed E-state index contributed by atoms with van der Waals surface area (Å²) in [5, 5.41) is 5.98. The van der Waals surface area contributed by atoms with Crippen LogP contribution < -0.4 is 10.9 Å². The van der Waals surface area contributed by atoms with Gasteiger partial charge in [-0.25, -0.2) is 14.5 Å². The van der Waals surface area contributed by atoms with Gasteiger partial charge in [-0.05, 0) is 6.42 Å². The second-order valence-electron chi connectivity index (χ2n) is 5.49. The minimum Gasteiger partial charge on any atom is -0.385 e. The van der Waals surface area contributed by atoms with E-state index in [1.165, 1.54) is 22.3 Å². The van der Waals surface area contributed by atoms with Gasteiger partial charge in [-0.1, -0.05) is 42.1 Å². The first-order valence-electron chi connectivity index (χ1n) is 8.11. The standard InChI is InChI=1S/C17H19N5O3S/c1-25-9-5-8-18-15(24)11-26-17-20-16(12-6-3-2-4-7-12)19-13-10-14(23)21-22(13)17/h2-4,6-7,10H,5,8-9,11H2,1H3,(H,18,24)(H,21,23). The van der Waals surface area contributed by atoms with Crippen LogP contribution in [0.5, 0.6) is 0 Å². The third kappa shape index (κ3) is 4.50. The lowest BCUT2D eigenvalue weighted by Crippen LogP contribution is -2.27. The van der Waals surface area contributed by atoms with Crippen LogP contribution in [0.15, 0.2) is 46.3 Å². The summed E-state index contributed by atoms with van der Waals surface area (Å²) in [6, 6.07) is 10.9. The maximum Gasteiger partial charge on any atom is 0.266 e. The number of H-pyrrole nitrogens is 1. The van der Waals surface area contributed by atoms with Crippen LogP contribution >= 0.6 is 11.8 Å². The highest BCUT2D eigenvalue weighted by Crippen LogP contribution is 2.21. The number of hydrogen-bond acceptors (Lipinski definition) is 6. The van der Waals surface area contributed by atoms with Crippen molar-refractivity contribution >= 4 is 23.3 Å². The molecule has 0 aliphatic heterocycles. The highest BCUT2D eigenvalue weighted by Gasteiger charge is 2.13. The molecule has 136 valence electrons. The fourth-order valence-electron chi connectivity index (χ4n) is 2.32. The van der Waals surface area contributed by atoms with Gasteiger partial charge in [0.25, 0.3) is 5.56 Å². The molecule has 2 aromatic heterocycles. The van der Waals surface area contributed by atoms with E-state index in [1.54, 1.807) is 7.11 Å². The fraction of sp³-hybridized carbons (Fsp3) is 0.294. The molecule has 3 rings (SSSR count). The Bertz CT molecular complexity index is 938. The lowest BCUT2D eigenvalue weighted by atomic mass is 10.2. The van der Waals surface area contributed by atoms with Crippen LogP contribution in [-0.2, 0) is 9.53 Å². The summed E-state index contributed by atoms with van der Waals surface area (Å²) < 4.78 is 6.45. The van der Waals surface area contributed by atoms with Crippen LogP contribution in [0.25, 0.3) is 17.0 Å². The smallest absolute Gasteiger partial charge is 0.266 e. The predicted octanol–water partition coefficient (Wildman–Crippen LogP) is 1.33. The third-order valence-electron chi connectivity index (χ3n) is 3.54. The van der Waals surface area contributed by atoms with Gasteiger partial charge in [0.15, 0.2) is 16.6 Å². The van der Waals surface area contributed by atoms with Gasteiger partial charge in [-0.3, -0.25) is 14.7 Å². The van der Waals surface area contributed by atoms with Crippen molar-refractivity contribution in [2.24, 2.45) is 0 Å². The van der Waals surface area contributed by atoms with Gasteiger partial charge in [0.2, 0.25) is 5.91 Å². The van der Waals surface area contributed by atoms with Gasteiger partial charge in [-0.2, -0.15) is 0 Å². The number of carbonyl (C=O) groups excluding carboxylic acids is 1. The summed E-state index contributed by atoms with van der Waals surface area (Å²) in [6.45, 7) is 1.16. The molecular weight excluding hydrogens is 354 g/mol. The largest absolute Gasteiger partial charge is 0.385 e. The Hall–Kier alpha value is -2.65. The molecule has 0 unspecified atom stereocenters. The summed E-state index contributed by atoms with van der Waals surface area (Å²) in [6.07, 6.45) is 0.758. The molecule has 2 N–H and O–H groups in total. The van der Waals surface area contributed by atoms with Crippen molar-refractivity contribution < 1.29 is 9.53 Å². The van der Waals surface area contributed by atoms with Gasteiger partial charge in [-0.15, -0.1) is 0 Å². The van der Waals surface area contributed by atoms with Crippen molar-refractivity contribution in [3.8, 4) is 11.4 Å². The molecule has 0 fully saturated rings. The van der Waals surface area contributed by atoms with Gasteiger partial charge < -0.3 is 10.1 Å². The fourth-order valence-corrected chi connectivity index (χ4v) is 3.10. The highest BCUT2D eigenvalue weighted by atomic mass is 32.2. The number of nitrogens with one attached hydrogen (secondary N) is 2. The Morgan fingerprint density at radius 3 is 2.88 bits per heavy atom. The van der Waals surface area contributed by atoms with Crippen molar-refractivity contribution in [3.05, 3.63) is 46.8 Å². The molecule has 0 aliphatic carbocycles. The lowest BCUT2D eigenvalue weighted by molar-refractivity contribution is -0.118. The molecule has 9 heteroatoms. The van der Waals surface area contributed by atoms with E-state index in [0.717, 1.165) is 12.0 Å². The van der Waals surface area contributed by atoms with E-state index < -0.39 is 0 Å². The third-order valence-corrected chi connectivity index (χ3v) is 4.47. The topological polar surface area (TPSA) is 101 Å². The normalized spacial score (nSPS) is 11.0. The summed E-state index contributed by atoms with van der Waals surface area (Å²) in [4.78, 5) is 32.6. The molecule has 0 spiro atoms. The number of ether oxygens (including phenoxy) is 1. The van der Waals surface area contributed by atoms with E-state index in [2.05, 4.69) is 20.4 Å². The Kier molecular flexibility index (Phi) is 6.03. The number of carbonyl (C=O) groups is 1. The second kappa shape index (κ2) is 8.63. The van der Waals surface area contributed by atoms with Gasteiger partial charge in [0, 0.05) is 31.9 Å². The minimum absolute atomic E-state index is 0.103. The molecule has 1 aromatic carbocycles. The minimum atomic E-state index is -0.268. The zero-order valence-corrected chi connectivity index (χ0v) is 15.1. The Morgan fingerprint density at radius 2 is 2.12 bits per heavy atom. The Labute approximate surface area is 154 Å². The van der Waals surface area contributed by atoms with E-state index in [-0.39, 0.29) is 17.2 Å². The zero-order chi connectivity index (χ0) is 18.4. The number of benzene rings is 1. The number of fused-ring (bicyclic) bond motifs is 1. The first-order valence-corrected chi connectivity index (χ1v) is 9.09. The van der Waals surface area contributed by atoms with E-state index >= 15 is 0 Å². The number of thioether (sulfide) groups is 1. The van der Waals surface area contributed by atoms with Crippen molar-refractivity contribution in [3.63, 3.8) is 0 Å². The molecule has 26 heavy (non-hydrogen) atoms. The predicted molar refractivity (Wildman–Crippen MR) is 99.3 cm³/mol. The molecule has 0 atom stereocenters. The Balaban J connectivity index is 1.78. The molecule has 0 radical (unpaired) electrons. The van der Waals surface area contributed by atoms with E-state index in [4.69, 9.17) is 4.74 Å². The van der Waals surface area contributed by atoms with E-state index in [0.29, 0.717) is 29.8 Å². The zero-order valence-electron chi connectivity index (χ0n) is 14.3. The quantitative estimate of drug-likeness (QED) is 0.456. The van der Waals surface area contributed by atoms with Gasteiger partial charge in [0.1, 0.15) is 0 Å². The average molecular weight is 373 g/mol. The lowest BCUT2D eigenvalue weighted by Gasteiger charge is -2.08. The number of rotatable bonds is 8. The maximum absolute atomic E-state index is 12.0. The number of aromatic nitrogens is 4. The Morgan fingerprint density at radius 1 is 1.31 bits per heavy atom. The molecule has 0 aliphatic rings. The van der Waals surface area contributed by atoms with Crippen LogP contribution in [0.1, 0.15) is 6.42 Å². The number of aromatic amines is 1. The molecule has 2 heterocycles. The van der Waals surface area contributed by atoms with Crippen molar-refractivity contribution in [2.45, 2.75) is 11.6 Å². The van der Waals surface area contributed by atoms with Gasteiger partial charge in [0.05, 0.1) is 5.75 Å². The number of nitrogens with zero attached hydrogens (tertiary/aromatic N) is 3. The monoisotopic (exact) mass is 373 g/mol. The highest BCUT2D eigenvalue weighted by molar-refractivity contribution is 7.99. The summed E-state index contributed by atoms with van der Waals surface area (Å²) in [5.74, 6) is 0.592. The van der Waals surface area contributed by atoms with Crippen LogP contribution in [0.2, 0.25) is 0 Å². The number of methoxy groups -OCH3 is 1. The molecule has 0 bridgehead atoms. The van der Waals surface area contributed by atoms with Crippen molar-refractivity contribution in [2.75, 3.05) is 26.0 Å². The first kappa shape index (κ1) is 18.2. The molecule has 0 saturated heterocycles. The number of amides is 1. The molecule has 8 nitrogen and oxygen atoms in total. The second-order valence-corrected chi connectivity index (χ2v) is 6.44.